The molecule has 4 aromatic rings. The van der Waals surface area contributed by atoms with Crippen LogP contribution in [-0.4, -0.2) is 60.0 Å². The van der Waals surface area contributed by atoms with Gasteiger partial charge in [-0.1, -0.05) is 12.1 Å². The average molecular weight is 464 g/mol. The number of pyridine rings is 1. The highest BCUT2D eigenvalue weighted by atomic mass is 19.1. The maximum atomic E-state index is 13.7. The summed E-state index contributed by atoms with van der Waals surface area (Å²) in [7, 11) is 4.87. The number of likely N-dealkylation sites (N-methyl/N-ethyl adjacent to an activating group) is 1. The first-order valence-corrected chi connectivity index (χ1v) is 10.7. The molecule has 0 aliphatic rings. The van der Waals surface area contributed by atoms with Crippen molar-refractivity contribution < 1.29 is 23.4 Å². The largest absolute Gasteiger partial charge is 0.497 e. The Kier molecular flexibility index (Phi) is 6.91. The first-order chi connectivity index (χ1) is 16.5. The van der Waals surface area contributed by atoms with Gasteiger partial charge in [0.25, 0.3) is 5.91 Å². The fourth-order valence-corrected chi connectivity index (χ4v) is 3.52. The highest BCUT2D eigenvalue weighted by molar-refractivity contribution is 5.96. The molecule has 0 unspecified atom stereocenters. The van der Waals surface area contributed by atoms with Crippen LogP contribution in [0.2, 0.25) is 0 Å². The minimum Gasteiger partial charge on any atom is -0.497 e. The number of benzene rings is 2. The number of aromatic nitrogens is 3. The van der Waals surface area contributed by atoms with Crippen LogP contribution in [0.15, 0.2) is 60.9 Å². The fraction of sp³-hybridized carbons (Fsp3) is 0.240. The van der Waals surface area contributed by atoms with E-state index in [1.54, 1.807) is 56.4 Å². The molecule has 0 saturated heterocycles. The molecule has 0 N–H and O–H groups in total. The minimum atomic E-state index is -0.435. The van der Waals surface area contributed by atoms with E-state index in [0.717, 1.165) is 10.9 Å². The van der Waals surface area contributed by atoms with Crippen molar-refractivity contribution in [1.82, 2.24) is 19.7 Å². The van der Waals surface area contributed by atoms with E-state index in [1.807, 2.05) is 18.2 Å². The summed E-state index contributed by atoms with van der Waals surface area (Å²) in [6, 6.07) is 13.5. The van der Waals surface area contributed by atoms with Gasteiger partial charge in [0, 0.05) is 30.3 Å². The van der Waals surface area contributed by atoms with Crippen molar-refractivity contribution in [3.63, 3.8) is 0 Å². The van der Waals surface area contributed by atoms with Crippen LogP contribution in [0.5, 0.6) is 17.2 Å². The Balaban J connectivity index is 1.44. The molecule has 0 saturated carbocycles. The van der Waals surface area contributed by atoms with Crippen molar-refractivity contribution in [1.29, 1.82) is 0 Å². The van der Waals surface area contributed by atoms with E-state index in [2.05, 4.69) is 10.1 Å². The van der Waals surface area contributed by atoms with Crippen LogP contribution < -0.4 is 14.2 Å². The first kappa shape index (κ1) is 23.0. The maximum Gasteiger partial charge on any atom is 0.255 e. The quantitative estimate of drug-likeness (QED) is 0.375. The lowest BCUT2D eigenvalue weighted by Crippen LogP contribution is -2.31. The number of carbonyl (C=O) groups is 1. The number of fused-ring (bicyclic) bond motifs is 1. The van der Waals surface area contributed by atoms with Crippen LogP contribution in [0.1, 0.15) is 15.9 Å². The molecule has 9 heteroatoms. The second kappa shape index (κ2) is 10.2. The molecule has 0 bridgehead atoms. The lowest BCUT2D eigenvalue weighted by atomic mass is 10.2. The van der Waals surface area contributed by atoms with Crippen molar-refractivity contribution >= 4 is 16.9 Å². The van der Waals surface area contributed by atoms with Crippen LogP contribution in [0, 0.1) is 5.82 Å². The van der Waals surface area contributed by atoms with Crippen molar-refractivity contribution in [2.75, 3.05) is 34.4 Å². The second-order valence-corrected chi connectivity index (χ2v) is 7.62. The summed E-state index contributed by atoms with van der Waals surface area (Å²) in [5, 5.41) is 5.18. The third-order valence-electron chi connectivity index (χ3n) is 5.40. The molecule has 0 radical (unpaired) electrons. The molecule has 176 valence electrons. The molecule has 8 nitrogen and oxygen atoms in total. The minimum absolute atomic E-state index is 0.160. The zero-order valence-electron chi connectivity index (χ0n) is 19.2. The summed E-state index contributed by atoms with van der Waals surface area (Å²) < 4.78 is 31.6. The summed E-state index contributed by atoms with van der Waals surface area (Å²) >= 11 is 0. The van der Waals surface area contributed by atoms with E-state index in [9.17, 15) is 9.18 Å². The predicted molar refractivity (Wildman–Crippen MR) is 125 cm³/mol. The number of amides is 1. The molecule has 2 heterocycles. The van der Waals surface area contributed by atoms with Crippen LogP contribution in [0.25, 0.3) is 11.0 Å². The van der Waals surface area contributed by atoms with Gasteiger partial charge in [-0.3, -0.25) is 4.79 Å². The van der Waals surface area contributed by atoms with E-state index >= 15 is 0 Å². The van der Waals surface area contributed by atoms with Crippen LogP contribution in [-0.2, 0) is 6.54 Å². The Morgan fingerprint density at radius 3 is 2.65 bits per heavy atom. The van der Waals surface area contributed by atoms with Gasteiger partial charge in [0.15, 0.2) is 17.2 Å². The van der Waals surface area contributed by atoms with Gasteiger partial charge in [-0.2, -0.15) is 5.10 Å². The SMILES string of the molecule is COc1ccc(Cn2ncc3cc(C(=O)N(C)CCOc4ccccc4F)cnc32)c(OC)c1. The zero-order valence-corrected chi connectivity index (χ0v) is 19.2. The van der Waals surface area contributed by atoms with Crippen molar-refractivity contribution in [2.45, 2.75) is 6.54 Å². The Labute approximate surface area is 196 Å². The van der Waals surface area contributed by atoms with E-state index in [0.29, 0.717) is 35.8 Å². The fourth-order valence-electron chi connectivity index (χ4n) is 3.52. The summed E-state index contributed by atoms with van der Waals surface area (Å²) in [5.41, 5.74) is 2.01. The molecular weight excluding hydrogens is 439 g/mol. The van der Waals surface area contributed by atoms with Gasteiger partial charge in [0.05, 0.1) is 39.1 Å². The number of nitrogens with zero attached hydrogens (tertiary/aromatic N) is 4. The number of hydrogen-bond donors (Lipinski definition) is 0. The van der Waals surface area contributed by atoms with Gasteiger partial charge in [-0.25, -0.2) is 14.1 Å². The van der Waals surface area contributed by atoms with Crippen molar-refractivity contribution in [3.05, 3.63) is 77.9 Å². The average Bonchev–Trinajstić information content (AvgIpc) is 3.26. The summed E-state index contributed by atoms with van der Waals surface area (Å²) in [4.78, 5) is 18.8. The second-order valence-electron chi connectivity index (χ2n) is 7.62. The molecule has 2 aromatic heterocycles. The van der Waals surface area contributed by atoms with Crippen LogP contribution >= 0.6 is 0 Å². The third kappa shape index (κ3) is 4.93. The highest BCUT2D eigenvalue weighted by Gasteiger charge is 2.16. The summed E-state index contributed by atoms with van der Waals surface area (Å²) in [5.74, 6) is 0.906. The van der Waals surface area contributed by atoms with Gasteiger partial charge >= 0.3 is 0 Å². The normalized spacial score (nSPS) is 10.8. The molecule has 0 atom stereocenters. The van der Waals surface area contributed by atoms with Gasteiger partial charge in [0.2, 0.25) is 0 Å². The smallest absolute Gasteiger partial charge is 0.255 e. The number of halogens is 1. The predicted octanol–water partition coefficient (Wildman–Crippen LogP) is 3.79. The monoisotopic (exact) mass is 464 g/mol. The Morgan fingerprint density at radius 2 is 1.88 bits per heavy atom. The zero-order chi connectivity index (χ0) is 24.1. The summed E-state index contributed by atoms with van der Waals surface area (Å²) in [6.07, 6.45) is 3.21. The topological polar surface area (TPSA) is 78.7 Å². The van der Waals surface area contributed by atoms with Crippen molar-refractivity contribution in [2.24, 2.45) is 0 Å². The molecule has 0 aliphatic carbocycles. The molecule has 0 aliphatic heterocycles. The molecule has 4 rings (SSSR count). The van der Waals surface area contributed by atoms with Gasteiger partial charge in [-0.05, 0) is 30.3 Å². The standard InChI is InChI=1S/C25H25FN4O4/c1-29(10-11-34-22-7-5-4-6-21(22)26)25(31)19-12-18-15-28-30(24(18)27-14-19)16-17-8-9-20(32-2)13-23(17)33-3/h4-9,12-15H,10-11,16H2,1-3H3. The number of hydrogen-bond acceptors (Lipinski definition) is 6. The Morgan fingerprint density at radius 1 is 1.06 bits per heavy atom. The molecule has 2 aromatic carbocycles. The van der Waals surface area contributed by atoms with E-state index in [-0.39, 0.29) is 18.3 Å². The highest BCUT2D eigenvalue weighted by Crippen LogP contribution is 2.26. The molecule has 1 amide bonds. The van der Waals surface area contributed by atoms with Gasteiger partial charge in [0.1, 0.15) is 18.1 Å². The van der Waals surface area contributed by atoms with Gasteiger partial charge in [-0.15, -0.1) is 0 Å². The molecular formula is C25H25FN4O4. The number of para-hydroxylation sites is 1. The lowest BCUT2D eigenvalue weighted by molar-refractivity contribution is 0.0772. The summed E-state index contributed by atoms with van der Waals surface area (Å²) in [6.45, 7) is 0.909. The van der Waals surface area contributed by atoms with Crippen molar-refractivity contribution in [3.8, 4) is 17.2 Å². The number of methoxy groups -OCH3 is 2. The van der Waals surface area contributed by atoms with Crippen LogP contribution in [0.3, 0.4) is 0 Å². The maximum absolute atomic E-state index is 13.7. The number of carbonyl (C=O) groups excluding carboxylic acids is 1. The Bertz CT molecular complexity index is 1310. The number of ether oxygens (including phenoxy) is 3. The van der Waals surface area contributed by atoms with E-state index < -0.39 is 5.82 Å². The first-order valence-electron chi connectivity index (χ1n) is 10.7. The van der Waals surface area contributed by atoms with E-state index in [1.165, 1.54) is 17.2 Å². The van der Waals surface area contributed by atoms with Gasteiger partial charge < -0.3 is 19.1 Å². The Hall–Kier alpha value is -4.14. The molecule has 34 heavy (non-hydrogen) atoms. The lowest BCUT2D eigenvalue weighted by Gasteiger charge is -2.17. The van der Waals surface area contributed by atoms with E-state index in [4.69, 9.17) is 14.2 Å². The molecule has 0 spiro atoms. The van der Waals surface area contributed by atoms with Crippen LogP contribution in [0.4, 0.5) is 4.39 Å². The third-order valence-corrected chi connectivity index (χ3v) is 5.40. The number of rotatable bonds is 9. The molecule has 0 fully saturated rings.